The van der Waals surface area contributed by atoms with Crippen LogP contribution in [0.1, 0.15) is 41.0 Å². The average molecular weight is 276 g/mol. The summed E-state index contributed by atoms with van der Waals surface area (Å²) >= 11 is 0. The van der Waals surface area contributed by atoms with E-state index in [-0.39, 0.29) is 11.9 Å². The van der Waals surface area contributed by atoms with Crippen LogP contribution in [0.4, 0.5) is 0 Å². The molecule has 0 saturated carbocycles. The number of nitrogens with zero attached hydrogens (tertiary/aromatic N) is 2. The zero-order chi connectivity index (χ0) is 14.7. The van der Waals surface area contributed by atoms with Crippen molar-refractivity contribution in [1.82, 2.24) is 9.88 Å². The van der Waals surface area contributed by atoms with Gasteiger partial charge in [-0.15, -0.1) is 0 Å². The van der Waals surface area contributed by atoms with E-state index >= 15 is 0 Å². The molecule has 0 N–H and O–H groups in total. The lowest BCUT2D eigenvalue weighted by atomic mass is 10.0. The molecule has 1 saturated heterocycles. The number of ether oxygens (including phenoxy) is 1. The third-order valence-corrected chi connectivity index (χ3v) is 3.69. The Balaban J connectivity index is 2.27. The summed E-state index contributed by atoms with van der Waals surface area (Å²) in [7, 11) is 1.36. The summed E-state index contributed by atoms with van der Waals surface area (Å²) in [6, 6.07) is 3.13. The van der Waals surface area contributed by atoms with E-state index in [4.69, 9.17) is 4.74 Å². The van der Waals surface area contributed by atoms with E-state index in [0.717, 1.165) is 18.5 Å². The number of aromatic nitrogens is 1. The number of aryl methyl sites for hydroxylation is 2. The Bertz CT molecular complexity index is 528. The van der Waals surface area contributed by atoms with Gasteiger partial charge < -0.3 is 9.64 Å². The van der Waals surface area contributed by atoms with Gasteiger partial charge in [0.15, 0.2) is 0 Å². The molecular weight excluding hydrogens is 256 g/mol. The molecule has 1 amide bonds. The van der Waals surface area contributed by atoms with E-state index in [9.17, 15) is 9.59 Å². The van der Waals surface area contributed by atoms with E-state index in [2.05, 4.69) is 4.98 Å². The van der Waals surface area contributed by atoms with Gasteiger partial charge in [-0.2, -0.15) is 0 Å². The van der Waals surface area contributed by atoms with Crippen LogP contribution in [-0.4, -0.2) is 41.5 Å². The summed E-state index contributed by atoms with van der Waals surface area (Å²) in [6.07, 6.45) is 2.52. The lowest BCUT2D eigenvalue weighted by Crippen LogP contribution is -2.48. The SMILES string of the molecule is COC(=O)[C@H]1CCCCN1C(=O)c1ccc(C)nc1C. The van der Waals surface area contributed by atoms with Gasteiger partial charge in [-0.1, -0.05) is 0 Å². The fourth-order valence-electron chi connectivity index (χ4n) is 2.62. The van der Waals surface area contributed by atoms with Crippen LogP contribution in [0.15, 0.2) is 12.1 Å². The van der Waals surface area contributed by atoms with E-state index in [0.29, 0.717) is 24.2 Å². The summed E-state index contributed by atoms with van der Waals surface area (Å²) in [4.78, 5) is 30.4. The van der Waals surface area contributed by atoms with E-state index < -0.39 is 6.04 Å². The largest absolute Gasteiger partial charge is 0.467 e. The third-order valence-electron chi connectivity index (χ3n) is 3.69. The second-order valence-electron chi connectivity index (χ2n) is 5.12. The quantitative estimate of drug-likeness (QED) is 0.774. The number of methoxy groups -OCH3 is 1. The lowest BCUT2D eigenvalue weighted by Gasteiger charge is -2.34. The molecule has 5 heteroatoms. The van der Waals surface area contributed by atoms with Crippen LogP contribution < -0.4 is 0 Å². The highest BCUT2D eigenvalue weighted by Gasteiger charge is 2.33. The fraction of sp³-hybridized carbons (Fsp3) is 0.533. The molecule has 108 valence electrons. The van der Waals surface area contributed by atoms with E-state index in [1.165, 1.54) is 7.11 Å². The molecule has 0 aromatic carbocycles. The summed E-state index contributed by atoms with van der Waals surface area (Å²) in [5.41, 5.74) is 2.14. The smallest absolute Gasteiger partial charge is 0.328 e. The van der Waals surface area contributed by atoms with Crippen molar-refractivity contribution in [3.8, 4) is 0 Å². The van der Waals surface area contributed by atoms with Gasteiger partial charge in [-0.3, -0.25) is 9.78 Å². The Kier molecular flexibility index (Phi) is 4.37. The Morgan fingerprint density at radius 3 is 2.70 bits per heavy atom. The average Bonchev–Trinajstić information content (AvgIpc) is 2.46. The maximum atomic E-state index is 12.6. The molecule has 0 unspecified atom stereocenters. The first-order valence-corrected chi connectivity index (χ1v) is 6.87. The maximum Gasteiger partial charge on any atom is 0.328 e. The minimum absolute atomic E-state index is 0.134. The molecule has 1 atom stereocenters. The predicted octanol–water partition coefficient (Wildman–Crippen LogP) is 1.87. The third kappa shape index (κ3) is 2.81. The Labute approximate surface area is 118 Å². The first kappa shape index (κ1) is 14.5. The maximum absolute atomic E-state index is 12.6. The number of likely N-dealkylation sites (tertiary alicyclic amines) is 1. The Morgan fingerprint density at radius 2 is 2.05 bits per heavy atom. The lowest BCUT2D eigenvalue weighted by molar-refractivity contribution is -0.147. The zero-order valence-corrected chi connectivity index (χ0v) is 12.2. The van der Waals surface area contributed by atoms with Crippen molar-refractivity contribution in [1.29, 1.82) is 0 Å². The number of rotatable bonds is 2. The number of amides is 1. The topological polar surface area (TPSA) is 59.5 Å². The fourth-order valence-corrected chi connectivity index (χ4v) is 2.62. The van der Waals surface area contributed by atoms with Crippen molar-refractivity contribution in [3.05, 3.63) is 29.1 Å². The molecule has 2 heterocycles. The summed E-state index contributed by atoms with van der Waals surface area (Å²) < 4.78 is 4.81. The van der Waals surface area contributed by atoms with Crippen LogP contribution in [0, 0.1) is 13.8 Å². The van der Waals surface area contributed by atoms with Crippen LogP contribution in [0.25, 0.3) is 0 Å². The van der Waals surface area contributed by atoms with Crippen LogP contribution >= 0.6 is 0 Å². The minimum atomic E-state index is -0.470. The zero-order valence-electron chi connectivity index (χ0n) is 12.2. The summed E-state index contributed by atoms with van der Waals surface area (Å²) in [6.45, 7) is 4.29. The molecule has 1 fully saturated rings. The Morgan fingerprint density at radius 1 is 1.30 bits per heavy atom. The van der Waals surface area contributed by atoms with Crippen molar-refractivity contribution in [2.24, 2.45) is 0 Å². The summed E-state index contributed by atoms with van der Waals surface area (Å²) in [5, 5.41) is 0. The number of carbonyl (C=O) groups is 2. The molecule has 0 spiro atoms. The first-order valence-electron chi connectivity index (χ1n) is 6.87. The number of pyridine rings is 1. The monoisotopic (exact) mass is 276 g/mol. The van der Waals surface area contributed by atoms with Crippen LogP contribution in [0.3, 0.4) is 0 Å². The number of carbonyl (C=O) groups excluding carboxylic acids is 2. The summed E-state index contributed by atoms with van der Waals surface area (Å²) in [5.74, 6) is -0.471. The van der Waals surface area contributed by atoms with Crippen LogP contribution in [-0.2, 0) is 9.53 Å². The normalized spacial score (nSPS) is 18.8. The molecule has 1 aliphatic heterocycles. The molecule has 5 nitrogen and oxygen atoms in total. The molecule has 0 radical (unpaired) electrons. The van der Waals surface area contributed by atoms with Crippen molar-refractivity contribution >= 4 is 11.9 Å². The predicted molar refractivity (Wildman–Crippen MR) is 74.4 cm³/mol. The second-order valence-corrected chi connectivity index (χ2v) is 5.12. The van der Waals surface area contributed by atoms with E-state index in [1.807, 2.05) is 19.9 Å². The molecule has 0 bridgehead atoms. The van der Waals surface area contributed by atoms with Crippen molar-refractivity contribution in [2.75, 3.05) is 13.7 Å². The number of hydrogen-bond acceptors (Lipinski definition) is 4. The molecule has 2 rings (SSSR count). The number of hydrogen-bond donors (Lipinski definition) is 0. The van der Waals surface area contributed by atoms with Gasteiger partial charge in [0.25, 0.3) is 5.91 Å². The Hall–Kier alpha value is -1.91. The van der Waals surface area contributed by atoms with E-state index in [1.54, 1.807) is 11.0 Å². The van der Waals surface area contributed by atoms with Crippen LogP contribution in [0.5, 0.6) is 0 Å². The molecule has 1 aromatic heterocycles. The minimum Gasteiger partial charge on any atom is -0.467 e. The molecular formula is C15H20N2O3. The highest BCUT2D eigenvalue weighted by Crippen LogP contribution is 2.21. The second kappa shape index (κ2) is 6.03. The standard InChI is InChI=1S/C15H20N2O3/c1-10-7-8-12(11(2)16-10)14(18)17-9-5-4-6-13(17)15(19)20-3/h7-8,13H,4-6,9H2,1-3H3/t13-/m1/s1. The van der Waals surface area contributed by atoms with Gasteiger partial charge >= 0.3 is 5.97 Å². The van der Waals surface area contributed by atoms with Gasteiger partial charge in [-0.05, 0) is 45.2 Å². The molecule has 1 aromatic rings. The van der Waals surface area contributed by atoms with Crippen molar-refractivity contribution < 1.29 is 14.3 Å². The van der Waals surface area contributed by atoms with Gasteiger partial charge in [0.05, 0.1) is 18.4 Å². The molecule has 20 heavy (non-hydrogen) atoms. The van der Waals surface area contributed by atoms with Crippen molar-refractivity contribution in [3.63, 3.8) is 0 Å². The highest BCUT2D eigenvalue weighted by molar-refractivity contribution is 5.97. The van der Waals surface area contributed by atoms with Gasteiger partial charge in [0.2, 0.25) is 0 Å². The van der Waals surface area contributed by atoms with Crippen LogP contribution in [0.2, 0.25) is 0 Å². The highest BCUT2D eigenvalue weighted by atomic mass is 16.5. The molecule has 0 aliphatic carbocycles. The number of esters is 1. The number of piperidine rings is 1. The first-order chi connectivity index (χ1) is 9.54. The molecule has 1 aliphatic rings. The van der Waals surface area contributed by atoms with Gasteiger partial charge in [0.1, 0.15) is 6.04 Å². The van der Waals surface area contributed by atoms with Crippen molar-refractivity contribution in [2.45, 2.75) is 39.2 Å². The van der Waals surface area contributed by atoms with Gasteiger partial charge in [-0.25, -0.2) is 4.79 Å². The van der Waals surface area contributed by atoms with Gasteiger partial charge in [0, 0.05) is 12.2 Å².